The van der Waals surface area contributed by atoms with E-state index in [1.807, 2.05) is 0 Å². The first kappa shape index (κ1) is 23.5. The zero-order valence-corrected chi connectivity index (χ0v) is 20.9. The minimum Gasteiger partial charge on any atom is -0.494 e. The predicted molar refractivity (Wildman–Crippen MR) is 133 cm³/mol. The first-order valence-electron chi connectivity index (χ1n) is 13.4. The monoisotopic (exact) mass is 444 g/mol. The number of hydrogen-bond acceptors (Lipinski definition) is 1. The van der Waals surface area contributed by atoms with E-state index in [1.165, 1.54) is 95.5 Å². The standard InChI is InChI=1S/C29H45ClO/c1-3-5-21-31-26-12-10-25(11-13-26)24-8-6-23(7-9-24)22-27(30)29-18-15-28(14-4-2,16-19-29)17-20-29/h10-13,23-24,27H,3-9,14-22H2,1-2H3. The Bertz CT molecular complexity index is 648. The third kappa shape index (κ3) is 5.45. The minimum atomic E-state index is 0.411. The molecule has 1 unspecified atom stereocenters. The lowest BCUT2D eigenvalue weighted by atomic mass is 9.51. The van der Waals surface area contributed by atoms with Crippen molar-refractivity contribution >= 4 is 11.6 Å². The second-order valence-electron chi connectivity index (χ2n) is 11.3. The van der Waals surface area contributed by atoms with Gasteiger partial charge in [0.1, 0.15) is 5.75 Å². The summed E-state index contributed by atoms with van der Waals surface area (Å²) in [6.45, 7) is 5.40. The second kappa shape index (κ2) is 10.5. The fraction of sp³-hybridized carbons (Fsp3) is 0.793. The van der Waals surface area contributed by atoms with Crippen LogP contribution in [0.2, 0.25) is 0 Å². The van der Waals surface area contributed by atoms with Crippen molar-refractivity contribution in [2.75, 3.05) is 6.61 Å². The maximum atomic E-state index is 7.21. The molecule has 2 heteroatoms. The minimum absolute atomic E-state index is 0.411. The highest BCUT2D eigenvalue weighted by Crippen LogP contribution is 2.61. The lowest BCUT2D eigenvalue weighted by molar-refractivity contribution is -0.0211. The molecule has 4 aliphatic carbocycles. The van der Waals surface area contributed by atoms with Crippen molar-refractivity contribution in [3.63, 3.8) is 0 Å². The Morgan fingerprint density at radius 1 is 0.903 bits per heavy atom. The third-order valence-corrected chi connectivity index (χ3v) is 10.1. The molecule has 0 N–H and O–H groups in total. The van der Waals surface area contributed by atoms with Gasteiger partial charge in [-0.05, 0) is 124 Å². The molecule has 1 aromatic carbocycles. The van der Waals surface area contributed by atoms with Gasteiger partial charge in [-0.2, -0.15) is 0 Å². The summed E-state index contributed by atoms with van der Waals surface area (Å²) in [5, 5.41) is 0.411. The molecule has 0 aromatic heterocycles. The number of alkyl halides is 1. The highest BCUT2D eigenvalue weighted by molar-refractivity contribution is 6.21. The zero-order chi connectivity index (χ0) is 21.7. The normalized spacial score (nSPS) is 33.9. The van der Waals surface area contributed by atoms with Crippen LogP contribution in [0.3, 0.4) is 0 Å². The van der Waals surface area contributed by atoms with Crippen molar-refractivity contribution in [1.82, 2.24) is 0 Å². The van der Waals surface area contributed by atoms with Crippen molar-refractivity contribution in [2.45, 2.75) is 121 Å². The fourth-order valence-electron chi connectivity index (χ4n) is 7.11. The maximum Gasteiger partial charge on any atom is 0.119 e. The van der Waals surface area contributed by atoms with Gasteiger partial charge in [-0.1, -0.05) is 38.8 Å². The highest BCUT2D eigenvalue weighted by Gasteiger charge is 2.51. The summed E-state index contributed by atoms with van der Waals surface area (Å²) in [7, 11) is 0. The molecular weight excluding hydrogens is 400 g/mol. The van der Waals surface area contributed by atoms with Crippen LogP contribution in [0.25, 0.3) is 0 Å². The van der Waals surface area contributed by atoms with Gasteiger partial charge in [0.25, 0.3) is 0 Å². The zero-order valence-electron chi connectivity index (χ0n) is 20.1. The van der Waals surface area contributed by atoms with E-state index in [9.17, 15) is 0 Å². The summed E-state index contributed by atoms with van der Waals surface area (Å²) >= 11 is 7.21. The highest BCUT2D eigenvalue weighted by atomic mass is 35.5. The summed E-state index contributed by atoms with van der Waals surface area (Å²) in [4.78, 5) is 0. The van der Waals surface area contributed by atoms with Crippen LogP contribution in [0, 0.1) is 16.7 Å². The van der Waals surface area contributed by atoms with Gasteiger partial charge in [0.15, 0.2) is 0 Å². The summed E-state index contributed by atoms with van der Waals surface area (Å²) in [5.74, 6) is 2.60. The number of fused-ring (bicyclic) bond motifs is 3. The van der Waals surface area contributed by atoms with E-state index < -0.39 is 0 Å². The average Bonchev–Trinajstić information content (AvgIpc) is 2.81. The van der Waals surface area contributed by atoms with Crippen LogP contribution in [0.15, 0.2) is 24.3 Å². The first-order chi connectivity index (χ1) is 15.1. The smallest absolute Gasteiger partial charge is 0.119 e. The molecule has 0 aliphatic heterocycles. The molecule has 0 saturated heterocycles. The Morgan fingerprint density at radius 3 is 2.13 bits per heavy atom. The van der Waals surface area contributed by atoms with Gasteiger partial charge in [0.2, 0.25) is 0 Å². The van der Waals surface area contributed by atoms with Crippen molar-refractivity contribution in [1.29, 1.82) is 0 Å². The fourth-order valence-corrected chi connectivity index (χ4v) is 7.69. The molecule has 1 atom stereocenters. The van der Waals surface area contributed by atoms with Crippen LogP contribution < -0.4 is 4.74 Å². The summed E-state index contributed by atoms with van der Waals surface area (Å²) in [6.07, 6.45) is 20.3. The number of rotatable bonds is 10. The van der Waals surface area contributed by atoms with Crippen molar-refractivity contribution in [3.8, 4) is 5.75 Å². The number of unbranched alkanes of at least 4 members (excludes halogenated alkanes) is 1. The quantitative estimate of drug-likeness (QED) is 0.258. The van der Waals surface area contributed by atoms with E-state index in [2.05, 4.69) is 38.1 Å². The number of hydrogen-bond donors (Lipinski definition) is 0. The van der Waals surface area contributed by atoms with Crippen molar-refractivity contribution in [3.05, 3.63) is 29.8 Å². The van der Waals surface area contributed by atoms with Gasteiger partial charge in [-0.15, -0.1) is 11.6 Å². The van der Waals surface area contributed by atoms with E-state index >= 15 is 0 Å². The lowest BCUT2D eigenvalue weighted by Gasteiger charge is -2.56. The molecule has 5 rings (SSSR count). The van der Waals surface area contributed by atoms with Crippen LogP contribution in [0.5, 0.6) is 5.75 Å². The predicted octanol–water partition coefficient (Wildman–Crippen LogP) is 9.28. The largest absolute Gasteiger partial charge is 0.494 e. The van der Waals surface area contributed by atoms with Crippen LogP contribution in [0.1, 0.15) is 122 Å². The molecule has 4 fully saturated rings. The average molecular weight is 445 g/mol. The molecule has 31 heavy (non-hydrogen) atoms. The van der Waals surface area contributed by atoms with Gasteiger partial charge >= 0.3 is 0 Å². The first-order valence-corrected chi connectivity index (χ1v) is 13.9. The van der Waals surface area contributed by atoms with Gasteiger partial charge in [-0.25, -0.2) is 0 Å². The van der Waals surface area contributed by atoms with E-state index in [-0.39, 0.29) is 0 Å². The molecule has 1 nitrogen and oxygen atoms in total. The maximum absolute atomic E-state index is 7.21. The van der Waals surface area contributed by atoms with Crippen molar-refractivity contribution in [2.24, 2.45) is 16.7 Å². The van der Waals surface area contributed by atoms with E-state index in [4.69, 9.17) is 16.3 Å². The van der Waals surface area contributed by atoms with Gasteiger partial charge in [0, 0.05) is 5.38 Å². The summed E-state index contributed by atoms with van der Waals surface area (Å²) in [6, 6.07) is 8.97. The van der Waals surface area contributed by atoms with Crippen LogP contribution >= 0.6 is 11.6 Å². The van der Waals surface area contributed by atoms with E-state index in [1.54, 1.807) is 0 Å². The van der Waals surface area contributed by atoms with Crippen LogP contribution in [0.4, 0.5) is 0 Å². The Balaban J connectivity index is 1.23. The van der Waals surface area contributed by atoms with Crippen LogP contribution in [-0.4, -0.2) is 12.0 Å². The van der Waals surface area contributed by atoms with Crippen LogP contribution in [-0.2, 0) is 0 Å². The number of halogens is 1. The Kier molecular flexibility index (Phi) is 7.95. The molecule has 0 heterocycles. The van der Waals surface area contributed by atoms with Crippen molar-refractivity contribution < 1.29 is 4.74 Å². The van der Waals surface area contributed by atoms with Gasteiger partial charge in [-0.3, -0.25) is 0 Å². The molecule has 0 amide bonds. The number of ether oxygens (including phenoxy) is 1. The molecule has 0 spiro atoms. The lowest BCUT2D eigenvalue weighted by Crippen LogP contribution is -2.46. The molecule has 2 bridgehead atoms. The SMILES string of the molecule is CCCCOc1ccc(C2CCC(CC(Cl)C34CCC(CCC)(CC3)CC4)CC2)cc1. The summed E-state index contributed by atoms with van der Waals surface area (Å²) < 4.78 is 5.84. The Hall–Kier alpha value is -0.690. The molecule has 174 valence electrons. The summed E-state index contributed by atoms with van der Waals surface area (Å²) in [5.41, 5.74) is 2.68. The number of benzene rings is 1. The molecule has 4 aliphatic rings. The van der Waals surface area contributed by atoms with Gasteiger partial charge in [0.05, 0.1) is 6.61 Å². The molecule has 4 saturated carbocycles. The third-order valence-electron chi connectivity index (χ3n) is 9.41. The Labute approximate surface area is 196 Å². The van der Waals surface area contributed by atoms with Gasteiger partial charge < -0.3 is 4.74 Å². The molecular formula is C29H45ClO. The van der Waals surface area contributed by atoms with E-state index in [0.717, 1.165) is 30.6 Å². The second-order valence-corrected chi connectivity index (χ2v) is 11.8. The molecule has 0 radical (unpaired) electrons. The Morgan fingerprint density at radius 2 is 1.55 bits per heavy atom. The molecule has 1 aromatic rings. The van der Waals surface area contributed by atoms with E-state index in [0.29, 0.717) is 16.2 Å². The topological polar surface area (TPSA) is 9.23 Å².